The smallest absolute Gasteiger partial charge is 0.303 e. The summed E-state index contributed by atoms with van der Waals surface area (Å²) in [5.41, 5.74) is 6.85. The average Bonchev–Trinajstić information content (AvgIpc) is 3.60. The van der Waals surface area contributed by atoms with Gasteiger partial charge in [-0.3, -0.25) is 24.0 Å². The van der Waals surface area contributed by atoms with Crippen LogP contribution in [0.15, 0.2) is 41.3 Å². The minimum Gasteiger partial charge on any atom is -0.459 e. The normalized spacial score (nSPS) is 16.0. The second-order valence-corrected chi connectivity index (χ2v) is 11.3. The summed E-state index contributed by atoms with van der Waals surface area (Å²) in [6.45, 7) is 4.65. The zero-order valence-electron chi connectivity index (χ0n) is 24.4. The lowest BCUT2D eigenvalue weighted by Gasteiger charge is -2.32. The summed E-state index contributed by atoms with van der Waals surface area (Å²) in [6.07, 6.45) is 5.83. The number of nitrogens with zero attached hydrogens (tertiary/aromatic N) is 6. The number of hydrogen-bond acceptors (Lipinski definition) is 8. The molecule has 0 radical (unpaired) electrons. The quantitative estimate of drug-likeness (QED) is 0.332. The molecule has 1 aliphatic carbocycles. The third-order valence-corrected chi connectivity index (χ3v) is 8.60. The van der Waals surface area contributed by atoms with Gasteiger partial charge < -0.3 is 29.4 Å². The molecule has 0 bridgehead atoms. The first kappa shape index (κ1) is 27.1. The molecule has 3 aliphatic rings. The third-order valence-electron chi connectivity index (χ3n) is 8.60. The predicted octanol–water partition coefficient (Wildman–Crippen LogP) is 2.89. The number of anilines is 3. The molecule has 0 saturated heterocycles. The molecule has 0 saturated carbocycles. The van der Waals surface area contributed by atoms with Crippen molar-refractivity contribution in [3.05, 3.63) is 75.2 Å². The molecule has 2 aliphatic heterocycles. The zero-order chi connectivity index (χ0) is 29.7. The molecule has 4 aromatic rings. The second-order valence-electron chi connectivity index (χ2n) is 11.3. The third kappa shape index (κ3) is 4.81. The van der Waals surface area contributed by atoms with E-state index in [-0.39, 0.29) is 18.1 Å². The van der Waals surface area contributed by atoms with E-state index in [0.29, 0.717) is 52.9 Å². The molecule has 222 valence electrons. The summed E-state index contributed by atoms with van der Waals surface area (Å²) in [5.74, 6) is 0.0767. The number of rotatable bonds is 6. The molecular weight excluding hydrogens is 548 g/mol. The molecule has 4 aromatic heterocycles. The monoisotopic (exact) mass is 582 g/mol. The van der Waals surface area contributed by atoms with Crippen molar-refractivity contribution >= 4 is 29.1 Å². The summed E-state index contributed by atoms with van der Waals surface area (Å²) in [4.78, 5) is 45.4. The Morgan fingerprint density at radius 3 is 2.79 bits per heavy atom. The standard InChI is InChI=1S/C31H34N8O4/c1-19(40)43-18-24-30(38-14-13-37-25-6-4-3-5-20(25)15-26(37)31(38)42)22(9-10-33-24)29-23(7-8-28(41)36(29)2)34-27-16-21-17-32-11-12-39(21)35-27/h7-10,15-16,32H,3-6,11-14,17-18H2,1-2H3,(H,34,35). The minimum atomic E-state index is -0.447. The highest BCUT2D eigenvalue weighted by Gasteiger charge is 2.34. The van der Waals surface area contributed by atoms with Crippen molar-refractivity contribution in [2.45, 2.75) is 58.8 Å². The van der Waals surface area contributed by atoms with E-state index in [2.05, 4.69) is 20.2 Å². The van der Waals surface area contributed by atoms with Crippen LogP contribution in [0.4, 0.5) is 17.2 Å². The highest BCUT2D eigenvalue weighted by molar-refractivity contribution is 6.09. The van der Waals surface area contributed by atoms with Gasteiger partial charge in [0.05, 0.1) is 29.3 Å². The van der Waals surface area contributed by atoms with Crippen molar-refractivity contribution in [3.8, 4) is 11.3 Å². The van der Waals surface area contributed by atoms with Gasteiger partial charge in [-0.15, -0.1) is 0 Å². The molecule has 0 unspecified atom stereocenters. The fourth-order valence-corrected chi connectivity index (χ4v) is 6.57. The number of ether oxygens (including phenoxy) is 1. The van der Waals surface area contributed by atoms with Crippen molar-refractivity contribution in [3.63, 3.8) is 0 Å². The fraction of sp³-hybridized carbons (Fsp3) is 0.387. The number of amides is 1. The van der Waals surface area contributed by atoms with E-state index in [4.69, 9.17) is 9.84 Å². The Morgan fingerprint density at radius 1 is 1.09 bits per heavy atom. The summed E-state index contributed by atoms with van der Waals surface area (Å²) in [7, 11) is 1.71. The number of esters is 1. The lowest BCUT2D eigenvalue weighted by atomic mass is 9.98. The molecule has 2 N–H and O–H groups in total. The van der Waals surface area contributed by atoms with E-state index in [9.17, 15) is 14.4 Å². The second kappa shape index (κ2) is 10.8. The Labute approximate surface area is 248 Å². The van der Waals surface area contributed by atoms with Crippen molar-refractivity contribution in [1.29, 1.82) is 0 Å². The van der Waals surface area contributed by atoms with Gasteiger partial charge in [0.25, 0.3) is 11.5 Å². The van der Waals surface area contributed by atoms with E-state index >= 15 is 0 Å². The van der Waals surface area contributed by atoms with E-state index in [1.807, 2.05) is 16.8 Å². The highest BCUT2D eigenvalue weighted by atomic mass is 16.5. The fourth-order valence-electron chi connectivity index (χ4n) is 6.57. The molecule has 7 rings (SSSR count). The Balaban J connectivity index is 1.36. The lowest BCUT2D eigenvalue weighted by molar-refractivity contribution is -0.142. The van der Waals surface area contributed by atoms with Crippen LogP contribution in [-0.2, 0) is 55.7 Å². The maximum atomic E-state index is 14.2. The minimum absolute atomic E-state index is 0.107. The highest BCUT2D eigenvalue weighted by Crippen LogP contribution is 2.40. The maximum absolute atomic E-state index is 14.2. The van der Waals surface area contributed by atoms with Crippen LogP contribution in [0, 0.1) is 0 Å². The number of pyridine rings is 2. The maximum Gasteiger partial charge on any atom is 0.303 e. The van der Waals surface area contributed by atoms with Crippen LogP contribution in [0.3, 0.4) is 0 Å². The molecule has 0 spiro atoms. The van der Waals surface area contributed by atoms with Gasteiger partial charge in [0.15, 0.2) is 5.82 Å². The Bertz CT molecular complexity index is 1790. The van der Waals surface area contributed by atoms with Crippen LogP contribution in [0.25, 0.3) is 11.3 Å². The SMILES string of the molecule is CC(=O)OCc1nccc(-c2c(Nc3cc4n(n3)CCNC4)ccc(=O)n2C)c1N1CCn2c(cc3c2CCCC3)C1=O. The Morgan fingerprint density at radius 2 is 1.95 bits per heavy atom. The summed E-state index contributed by atoms with van der Waals surface area (Å²) < 4.78 is 11.1. The van der Waals surface area contributed by atoms with Crippen LogP contribution >= 0.6 is 0 Å². The van der Waals surface area contributed by atoms with Crippen LogP contribution in [0.5, 0.6) is 0 Å². The van der Waals surface area contributed by atoms with Gasteiger partial charge in [-0.2, -0.15) is 5.10 Å². The largest absolute Gasteiger partial charge is 0.459 e. The van der Waals surface area contributed by atoms with E-state index in [1.165, 1.54) is 24.2 Å². The first-order valence-corrected chi connectivity index (χ1v) is 14.8. The van der Waals surface area contributed by atoms with Gasteiger partial charge in [-0.1, -0.05) is 0 Å². The molecule has 12 nitrogen and oxygen atoms in total. The molecule has 43 heavy (non-hydrogen) atoms. The molecule has 12 heteroatoms. The number of fused-ring (bicyclic) bond motifs is 4. The topological polar surface area (TPSA) is 128 Å². The molecule has 0 aromatic carbocycles. The first-order chi connectivity index (χ1) is 20.9. The van der Waals surface area contributed by atoms with Gasteiger partial charge in [0, 0.05) is 69.7 Å². The summed E-state index contributed by atoms with van der Waals surface area (Å²) in [5, 5.41) is 11.5. The van der Waals surface area contributed by atoms with Gasteiger partial charge in [-0.25, -0.2) is 0 Å². The summed E-state index contributed by atoms with van der Waals surface area (Å²) >= 11 is 0. The Kier molecular flexibility index (Phi) is 6.85. The summed E-state index contributed by atoms with van der Waals surface area (Å²) in [6, 6.07) is 9.08. The zero-order valence-corrected chi connectivity index (χ0v) is 24.4. The van der Waals surface area contributed by atoms with Gasteiger partial charge in [-0.05, 0) is 49.4 Å². The Hall–Kier alpha value is -4.71. The number of aromatic nitrogens is 5. The first-order valence-electron chi connectivity index (χ1n) is 14.8. The van der Waals surface area contributed by atoms with Gasteiger partial charge in [0.2, 0.25) is 0 Å². The van der Waals surface area contributed by atoms with E-state index in [0.717, 1.165) is 51.0 Å². The van der Waals surface area contributed by atoms with Crippen LogP contribution < -0.4 is 21.1 Å². The predicted molar refractivity (Wildman–Crippen MR) is 160 cm³/mol. The molecular formula is C31H34N8O4. The average molecular weight is 583 g/mol. The van der Waals surface area contributed by atoms with Crippen molar-refractivity contribution < 1.29 is 14.3 Å². The number of carbonyl (C=O) groups excluding carboxylic acids is 2. The number of nitrogens with one attached hydrogen (secondary N) is 2. The lowest BCUT2D eigenvalue weighted by Crippen LogP contribution is -2.41. The number of carbonyl (C=O) groups is 2. The van der Waals surface area contributed by atoms with Crippen LogP contribution in [-0.4, -0.2) is 48.9 Å². The molecule has 0 atom stereocenters. The molecule has 1 amide bonds. The van der Waals surface area contributed by atoms with Crippen molar-refractivity contribution in [2.75, 3.05) is 23.3 Å². The van der Waals surface area contributed by atoms with Crippen molar-refractivity contribution in [2.24, 2.45) is 7.05 Å². The van der Waals surface area contributed by atoms with Crippen LogP contribution in [0.2, 0.25) is 0 Å². The number of hydrogen-bond donors (Lipinski definition) is 2. The van der Waals surface area contributed by atoms with Gasteiger partial charge in [0.1, 0.15) is 18.0 Å². The van der Waals surface area contributed by atoms with Crippen LogP contribution in [0.1, 0.15) is 52.9 Å². The van der Waals surface area contributed by atoms with Crippen molar-refractivity contribution in [1.82, 2.24) is 29.2 Å². The number of aryl methyl sites for hydroxylation is 1. The van der Waals surface area contributed by atoms with Gasteiger partial charge >= 0.3 is 5.97 Å². The molecule has 6 heterocycles. The molecule has 0 fully saturated rings. The van der Waals surface area contributed by atoms with E-state index in [1.54, 1.807) is 34.8 Å². The van der Waals surface area contributed by atoms with E-state index < -0.39 is 5.97 Å².